The van der Waals surface area contributed by atoms with Gasteiger partial charge in [-0.1, -0.05) is 18.2 Å². The van der Waals surface area contributed by atoms with Crippen molar-refractivity contribution in [3.63, 3.8) is 0 Å². The number of hydrogen-bond acceptors (Lipinski definition) is 5. The molecule has 0 unspecified atom stereocenters. The fourth-order valence-electron chi connectivity index (χ4n) is 3.73. The van der Waals surface area contributed by atoms with Crippen LogP contribution in [0.15, 0.2) is 53.6 Å². The van der Waals surface area contributed by atoms with Gasteiger partial charge >= 0.3 is 0 Å². The number of benzene rings is 2. The van der Waals surface area contributed by atoms with Crippen molar-refractivity contribution in [3.05, 3.63) is 54.1 Å². The smallest absolute Gasteiger partial charge is 0.265 e. The van der Waals surface area contributed by atoms with E-state index in [9.17, 15) is 8.42 Å². The van der Waals surface area contributed by atoms with Crippen molar-refractivity contribution in [2.45, 2.75) is 25.7 Å². The first-order valence-corrected chi connectivity index (χ1v) is 11.4. The zero-order valence-corrected chi connectivity index (χ0v) is 18.6. The SMILES string of the molecule is COc1ccc(N(C)/N=C/C2=[N+](CCCS(=O)(=O)O)c3ccccc3C2(C)C)cc1. The second kappa shape index (κ2) is 8.57. The normalized spacial score (nSPS) is 15.5. The fraction of sp³-hybridized carbons (Fsp3) is 0.364. The van der Waals surface area contributed by atoms with E-state index in [0.29, 0.717) is 13.0 Å². The summed E-state index contributed by atoms with van der Waals surface area (Å²) < 4.78 is 38.7. The van der Waals surface area contributed by atoms with Gasteiger partial charge in [-0.25, -0.2) is 0 Å². The Labute approximate surface area is 178 Å². The highest BCUT2D eigenvalue weighted by molar-refractivity contribution is 7.85. The molecule has 1 heterocycles. The minimum Gasteiger partial charge on any atom is -0.497 e. The van der Waals surface area contributed by atoms with Gasteiger partial charge < -0.3 is 4.74 Å². The largest absolute Gasteiger partial charge is 0.497 e. The Kier molecular flexibility index (Phi) is 6.28. The molecule has 2 aromatic carbocycles. The van der Waals surface area contributed by atoms with Crippen LogP contribution in [-0.2, 0) is 15.5 Å². The molecule has 0 saturated heterocycles. The molecule has 0 aliphatic carbocycles. The Morgan fingerprint density at radius 2 is 1.83 bits per heavy atom. The van der Waals surface area contributed by atoms with E-state index < -0.39 is 10.1 Å². The molecule has 0 atom stereocenters. The average Bonchev–Trinajstić information content (AvgIpc) is 2.92. The maximum Gasteiger partial charge on any atom is 0.265 e. The number of ether oxygens (including phenoxy) is 1. The van der Waals surface area contributed by atoms with Crippen LogP contribution in [0.3, 0.4) is 0 Å². The number of fused-ring (bicyclic) bond motifs is 1. The minimum atomic E-state index is -3.99. The summed E-state index contributed by atoms with van der Waals surface area (Å²) in [5.74, 6) is 0.505. The van der Waals surface area contributed by atoms with Gasteiger partial charge in [-0.3, -0.25) is 9.56 Å². The Balaban J connectivity index is 1.92. The highest BCUT2D eigenvalue weighted by Gasteiger charge is 2.44. The third kappa shape index (κ3) is 4.71. The van der Waals surface area contributed by atoms with Gasteiger partial charge in [0, 0.05) is 25.1 Å². The standard InChI is InChI=1S/C22H27N3O4S/c1-22(2)19-8-5-6-9-20(19)25(14-7-15-30(26,27)28)21(22)16-23-24(3)17-10-12-18(29-4)13-11-17/h5-6,8-13,16H,7,14-15H2,1-4H3/p+1. The molecule has 1 aliphatic rings. The van der Waals surface area contributed by atoms with Gasteiger partial charge in [-0.05, 0) is 38.1 Å². The van der Waals surface area contributed by atoms with E-state index in [0.717, 1.165) is 28.4 Å². The number of hydrazone groups is 1. The van der Waals surface area contributed by atoms with E-state index in [2.05, 4.69) is 29.6 Å². The van der Waals surface area contributed by atoms with Crippen molar-refractivity contribution in [2.24, 2.45) is 5.10 Å². The summed E-state index contributed by atoms with van der Waals surface area (Å²) in [5, 5.41) is 6.42. The molecule has 0 fully saturated rings. The Morgan fingerprint density at radius 1 is 1.17 bits per heavy atom. The van der Waals surface area contributed by atoms with Gasteiger partial charge in [0.15, 0.2) is 0 Å². The number of hydrogen-bond donors (Lipinski definition) is 1. The predicted molar refractivity (Wildman–Crippen MR) is 120 cm³/mol. The molecule has 3 rings (SSSR count). The third-order valence-corrected chi connectivity index (χ3v) is 6.19. The van der Waals surface area contributed by atoms with E-state index in [1.165, 1.54) is 0 Å². The van der Waals surface area contributed by atoms with E-state index in [4.69, 9.17) is 9.29 Å². The molecule has 1 N–H and O–H groups in total. The molecule has 0 bridgehead atoms. The molecule has 160 valence electrons. The number of para-hydroxylation sites is 1. The molecule has 0 amide bonds. The summed E-state index contributed by atoms with van der Waals surface area (Å²) in [6.07, 6.45) is 2.15. The van der Waals surface area contributed by atoms with Crippen LogP contribution in [0, 0.1) is 0 Å². The molecule has 0 aromatic heterocycles. The van der Waals surface area contributed by atoms with Crippen molar-refractivity contribution in [2.75, 3.05) is 31.5 Å². The summed E-state index contributed by atoms with van der Waals surface area (Å²) in [7, 11) is -0.494. The maximum atomic E-state index is 11.2. The number of anilines is 1. The van der Waals surface area contributed by atoms with Crippen LogP contribution < -0.4 is 9.75 Å². The van der Waals surface area contributed by atoms with E-state index in [1.54, 1.807) is 12.1 Å². The van der Waals surface area contributed by atoms with Crippen LogP contribution in [0.1, 0.15) is 25.8 Å². The van der Waals surface area contributed by atoms with E-state index >= 15 is 0 Å². The summed E-state index contributed by atoms with van der Waals surface area (Å²) in [6.45, 7) is 4.72. The summed E-state index contributed by atoms with van der Waals surface area (Å²) in [4.78, 5) is 0. The molecule has 2 aromatic rings. The van der Waals surface area contributed by atoms with Crippen LogP contribution in [0.5, 0.6) is 5.75 Å². The van der Waals surface area contributed by atoms with Crippen LogP contribution in [-0.4, -0.2) is 55.9 Å². The molecule has 0 spiro atoms. The lowest BCUT2D eigenvalue weighted by atomic mass is 9.82. The monoisotopic (exact) mass is 430 g/mol. The van der Waals surface area contributed by atoms with E-state index in [-0.39, 0.29) is 11.2 Å². The second-order valence-corrected chi connectivity index (χ2v) is 9.36. The second-order valence-electron chi connectivity index (χ2n) is 7.78. The Morgan fingerprint density at radius 3 is 2.47 bits per heavy atom. The van der Waals surface area contributed by atoms with Gasteiger partial charge in [0.05, 0.1) is 24.0 Å². The summed E-state index contributed by atoms with van der Waals surface area (Å²) in [6, 6.07) is 15.7. The zero-order valence-electron chi connectivity index (χ0n) is 17.7. The van der Waals surface area contributed by atoms with Crippen molar-refractivity contribution in [1.82, 2.24) is 0 Å². The number of rotatable bonds is 8. The van der Waals surface area contributed by atoms with Crippen LogP contribution in [0.25, 0.3) is 0 Å². The zero-order chi connectivity index (χ0) is 21.9. The topological polar surface area (TPSA) is 82.2 Å². The first-order chi connectivity index (χ1) is 14.1. The molecule has 1 aliphatic heterocycles. The van der Waals surface area contributed by atoms with Crippen molar-refractivity contribution in [1.29, 1.82) is 0 Å². The van der Waals surface area contributed by atoms with Crippen LogP contribution in [0.2, 0.25) is 0 Å². The van der Waals surface area contributed by atoms with Crippen molar-refractivity contribution in [3.8, 4) is 5.75 Å². The quantitative estimate of drug-likeness (QED) is 0.300. The van der Waals surface area contributed by atoms with Gasteiger partial charge in [-0.2, -0.15) is 18.1 Å². The van der Waals surface area contributed by atoms with Gasteiger partial charge in [0.1, 0.15) is 18.5 Å². The molecule has 7 nitrogen and oxygen atoms in total. The van der Waals surface area contributed by atoms with Crippen LogP contribution >= 0.6 is 0 Å². The molecule has 0 radical (unpaired) electrons. The summed E-state index contributed by atoms with van der Waals surface area (Å²) >= 11 is 0. The predicted octanol–water partition coefficient (Wildman–Crippen LogP) is 3.47. The maximum absolute atomic E-state index is 11.2. The lowest BCUT2D eigenvalue weighted by Crippen LogP contribution is -2.32. The number of nitrogens with zero attached hydrogens (tertiary/aromatic N) is 3. The van der Waals surface area contributed by atoms with Crippen LogP contribution in [0.4, 0.5) is 11.4 Å². The van der Waals surface area contributed by atoms with Crippen molar-refractivity contribution < 1.29 is 22.3 Å². The molecule has 0 saturated carbocycles. The Hall–Kier alpha value is -2.71. The molecule has 30 heavy (non-hydrogen) atoms. The molecular formula is C22H28N3O4S+. The highest BCUT2D eigenvalue weighted by atomic mass is 32.2. The van der Waals surface area contributed by atoms with E-state index in [1.807, 2.05) is 55.7 Å². The lowest BCUT2D eigenvalue weighted by molar-refractivity contribution is -0.436. The average molecular weight is 431 g/mol. The van der Waals surface area contributed by atoms with Gasteiger partial charge in [0.25, 0.3) is 10.1 Å². The third-order valence-electron chi connectivity index (χ3n) is 5.38. The molecular weight excluding hydrogens is 402 g/mol. The minimum absolute atomic E-state index is 0.276. The highest BCUT2D eigenvalue weighted by Crippen LogP contribution is 2.39. The fourth-order valence-corrected chi connectivity index (χ4v) is 4.22. The van der Waals surface area contributed by atoms with Crippen molar-refractivity contribution >= 4 is 33.4 Å². The first kappa shape index (κ1) is 22.0. The van der Waals surface area contributed by atoms with Gasteiger partial charge in [0.2, 0.25) is 11.4 Å². The lowest BCUT2D eigenvalue weighted by Gasteiger charge is -2.17. The summed E-state index contributed by atoms with van der Waals surface area (Å²) in [5.41, 5.74) is 3.79. The molecule has 8 heteroatoms. The first-order valence-electron chi connectivity index (χ1n) is 9.75. The Bertz CT molecular complexity index is 1070. The van der Waals surface area contributed by atoms with Gasteiger partial charge in [-0.15, -0.1) is 0 Å². The number of methoxy groups -OCH3 is 1.